The average molecular weight is 243 g/mol. The van der Waals surface area contributed by atoms with E-state index in [1.54, 1.807) is 6.92 Å². The molecule has 5 nitrogen and oxygen atoms in total. The summed E-state index contributed by atoms with van der Waals surface area (Å²) in [5.74, 6) is -0.939. The molecule has 0 amide bonds. The minimum atomic E-state index is -0.756. The second-order valence-corrected chi connectivity index (χ2v) is 4.36. The highest BCUT2D eigenvalue weighted by molar-refractivity contribution is 5.71. The Labute approximate surface area is 102 Å². The number of rotatable bonds is 9. The van der Waals surface area contributed by atoms with Gasteiger partial charge in [0.15, 0.2) is 0 Å². The first kappa shape index (κ1) is 14.0. The van der Waals surface area contributed by atoms with Gasteiger partial charge in [-0.1, -0.05) is 0 Å². The zero-order chi connectivity index (χ0) is 12.7. The van der Waals surface area contributed by atoms with E-state index >= 15 is 0 Å². The SMILES string of the molecule is CCOC(=O)CN(CCCCC(=O)O)C1CC1. The minimum absolute atomic E-state index is 0.183. The summed E-state index contributed by atoms with van der Waals surface area (Å²) in [5, 5.41) is 8.53. The van der Waals surface area contributed by atoms with Gasteiger partial charge in [0.05, 0.1) is 13.2 Å². The number of carboxylic acids is 1. The lowest BCUT2D eigenvalue weighted by Crippen LogP contribution is -2.33. The van der Waals surface area contributed by atoms with Crippen LogP contribution < -0.4 is 0 Å². The van der Waals surface area contributed by atoms with Crippen molar-refractivity contribution >= 4 is 11.9 Å². The van der Waals surface area contributed by atoms with Crippen LogP contribution in [-0.2, 0) is 14.3 Å². The highest BCUT2D eigenvalue weighted by Crippen LogP contribution is 2.26. The van der Waals surface area contributed by atoms with Gasteiger partial charge in [-0.3, -0.25) is 14.5 Å². The van der Waals surface area contributed by atoms with Gasteiger partial charge >= 0.3 is 11.9 Å². The van der Waals surface area contributed by atoms with Gasteiger partial charge in [-0.15, -0.1) is 0 Å². The fourth-order valence-electron chi connectivity index (χ4n) is 1.79. The van der Waals surface area contributed by atoms with Gasteiger partial charge in [0, 0.05) is 12.5 Å². The third kappa shape index (κ3) is 6.26. The van der Waals surface area contributed by atoms with Crippen molar-refractivity contribution in [2.75, 3.05) is 19.7 Å². The molecule has 17 heavy (non-hydrogen) atoms. The Hall–Kier alpha value is -1.10. The molecule has 1 saturated carbocycles. The fraction of sp³-hybridized carbons (Fsp3) is 0.833. The number of carboxylic acid groups (broad SMARTS) is 1. The Morgan fingerprint density at radius 1 is 1.35 bits per heavy atom. The smallest absolute Gasteiger partial charge is 0.320 e. The second-order valence-electron chi connectivity index (χ2n) is 4.36. The zero-order valence-corrected chi connectivity index (χ0v) is 10.4. The molecule has 0 saturated heterocycles. The molecule has 0 atom stereocenters. The molecule has 0 aliphatic heterocycles. The number of hydrogen-bond acceptors (Lipinski definition) is 4. The maximum atomic E-state index is 11.4. The van der Waals surface area contributed by atoms with Gasteiger partial charge in [0.2, 0.25) is 0 Å². The molecular weight excluding hydrogens is 222 g/mol. The van der Waals surface area contributed by atoms with E-state index in [1.165, 1.54) is 0 Å². The lowest BCUT2D eigenvalue weighted by Gasteiger charge is -2.20. The normalized spacial score (nSPS) is 14.9. The quantitative estimate of drug-likeness (QED) is 0.488. The standard InChI is InChI=1S/C12H21NO4/c1-2-17-12(16)9-13(10-6-7-10)8-4-3-5-11(14)15/h10H,2-9H2,1H3,(H,14,15). The highest BCUT2D eigenvalue weighted by atomic mass is 16.5. The van der Waals surface area contributed by atoms with Crippen LogP contribution in [0.25, 0.3) is 0 Å². The Kier molecular flexibility index (Phi) is 5.97. The molecule has 0 unspecified atom stereocenters. The van der Waals surface area contributed by atoms with Crippen LogP contribution >= 0.6 is 0 Å². The van der Waals surface area contributed by atoms with E-state index in [1.807, 2.05) is 0 Å². The number of ether oxygens (including phenoxy) is 1. The summed E-state index contributed by atoms with van der Waals surface area (Å²) in [6, 6.07) is 0.504. The van der Waals surface area contributed by atoms with Crippen LogP contribution in [0.5, 0.6) is 0 Å². The third-order valence-corrected chi connectivity index (χ3v) is 2.79. The molecule has 1 rings (SSSR count). The van der Waals surface area contributed by atoms with Crippen molar-refractivity contribution in [2.45, 2.75) is 45.1 Å². The molecule has 0 heterocycles. The van der Waals surface area contributed by atoms with Crippen molar-refractivity contribution in [3.8, 4) is 0 Å². The fourth-order valence-corrected chi connectivity index (χ4v) is 1.79. The molecule has 1 aliphatic carbocycles. The van der Waals surface area contributed by atoms with E-state index in [-0.39, 0.29) is 12.4 Å². The van der Waals surface area contributed by atoms with Gasteiger partial charge in [-0.25, -0.2) is 0 Å². The van der Waals surface area contributed by atoms with E-state index in [4.69, 9.17) is 9.84 Å². The van der Waals surface area contributed by atoms with Crippen LogP contribution in [0, 0.1) is 0 Å². The maximum Gasteiger partial charge on any atom is 0.320 e. The number of carbonyl (C=O) groups is 2. The van der Waals surface area contributed by atoms with Gasteiger partial charge in [0.1, 0.15) is 0 Å². The first-order valence-corrected chi connectivity index (χ1v) is 6.25. The van der Waals surface area contributed by atoms with E-state index in [0.29, 0.717) is 25.6 Å². The zero-order valence-electron chi connectivity index (χ0n) is 10.4. The van der Waals surface area contributed by atoms with Crippen LogP contribution in [0.4, 0.5) is 0 Å². The molecule has 0 bridgehead atoms. The summed E-state index contributed by atoms with van der Waals surface area (Å²) >= 11 is 0. The van der Waals surface area contributed by atoms with Crippen molar-refractivity contribution in [1.29, 1.82) is 0 Å². The molecule has 0 aromatic rings. The number of carbonyl (C=O) groups excluding carboxylic acids is 1. The monoisotopic (exact) mass is 243 g/mol. The summed E-state index contributed by atoms with van der Waals surface area (Å²) in [4.78, 5) is 23.8. The van der Waals surface area contributed by atoms with Crippen LogP contribution in [-0.4, -0.2) is 47.7 Å². The van der Waals surface area contributed by atoms with Gasteiger partial charge < -0.3 is 9.84 Å². The third-order valence-electron chi connectivity index (χ3n) is 2.79. The van der Waals surface area contributed by atoms with E-state index in [2.05, 4.69) is 4.90 Å². The van der Waals surface area contributed by atoms with E-state index in [9.17, 15) is 9.59 Å². The van der Waals surface area contributed by atoms with E-state index in [0.717, 1.165) is 25.8 Å². The molecule has 0 aromatic carbocycles. The van der Waals surface area contributed by atoms with Gasteiger partial charge in [0.25, 0.3) is 0 Å². The Morgan fingerprint density at radius 3 is 2.59 bits per heavy atom. The van der Waals surface area contributed by atoms with Crippen LogP contribution in [0.3, 0.4) is 0 Å². The van der Waals surface area contributed by atoms with Crippen molar-refractivity contribution in [1.82, 2.24) is 4.90 Å². The summed E-state index contributed by atoms with van der Waals surface area (Å²) in [5.41, 5.74) is 0. The number of unbranched alkanes of at least 4 members (excludes halogenated alkanes) is 1. The Bertz CT molecular complexity index is 263. The number of esters is 1. The molecular formula is C12H21NO4. The van der Waals surface area contributed by atoms with Crippen molar-refractivity contribution < 1.29 is 19.4 Å². The minimum Gasteiger partial charge on any atom is -0.481 e. The maximum absolute atomic E-state index is 11.4. The van der Waals surface area contributed by atoms with Crippen LogP contribution in [0.15, 0.2) is 0 Å². The number of nitrogens with zero attached hydrogens (tertiary/aromatic N) is 1. The van der Waals surface area contributed by atoms with Crippen molar-refractivity contribution in [3.63, 3.8) is 0 Å². The molecule has 1 aliphatic rings. The summed E-state index contributed by atoms with van der Waals surface area (Å²) < 4.78 is 4.92. The second kappa shape index (κ2) is 7.27. The summed E-state index contributed by atoms with van der Waals surface area (Å²) in [7, 11) is 0. The number of hydrogen-bond donors (Lipinski definition) is 1. The topological polar surface area (TPSA) is 66.8 Å². The van der Waals surface area contributed by atoms with Crippen LogP contribution in [0.2, 0.25) is 0 Å². The van der Waals surface area contributed by atoms with E-state index < -0.39 is 5.97 Å². The average Bonchev–Trinajstić information content (AvgIpc) is 3.06. The molecule has 1 N–H and O–H groups in total. The molecule has 0 radical (unpaired) electrons. The summed E-state index contributed by atoms with van der Waals surface area (Å²) in [6.45, 7) is 3.34. The molecule has 5 heteroatoms. The first-order chi connectivity index (χ1) is 8.13. The lowest BCUT2D eigenvalue weighted by atomic mass is 10.2. The predicted octanol–water partition coefficient (Wildman–Crippen LogP) is 1.27. The first-order valence-electron chi connectivity index (χ1n) is 6.25. The Balaban J connectivity index is 2.19. The van der Waals surface area contributed by atoms with Crippen LogP contribution in [0.1, 0.15) is 39.0 Å². The molecule has 0 aromatic heterocycles. The molecule has 0 spiro atoms. The van der Waals surface area contributed by atoms with Gasteiger partial charge in [-0.05, 0) is 39.2 Å². The largest absolute Gasteiger partial charge is 0.481 e. The lowest BCUT2D eigenvalue weighted by molar-refractivity contribution is -0.144. The molecule has 1 fully saturated rings. The molecule has 98 valence electrons. The highest BCUT2D eigenvalue weighted by Gasteiger charge is 2.30. The van der Waals surface area contributed by atoms with Crippen molar-refractivity contribution in [3.05, 3.63) is 0 Å². The summed E-state index contributed by atoms with van der Waals surface area (Å²) in [6.07, 6.45) is 3.97. The predicted molar refractivity (Wildman–Crippen MR) is 62.7 cm³/mol. The van der Waals surface area contributed by atoms with Gasteiger partial charge in [-0.2, -0.15) is 0 Å². The Morgan fingerprint density at radius 2 is 2.06 bits per heavy atom. The number of aliphatic carboxylic acids is 1. The van der Waals surface area contributed by atoms with Crippen molar-refractivity contribution in [2.24, 2.45) is 0 Å².